The average molecular weight is 240 g/mol. The lowest BCUT2D eigenvalue weighted by atomic mass is 10.0. The zero-order valence-corrected chi connectivity index (χ0v) is 9.70. The number of aliphatic hydroxyl groups is 2. The zero-order valence-electron chi connectivity index (χ0n) is 8.94. The number of rotatable bonds is 3. The summed E-state index contributed by atoms with van der Waals surface area (Å²) in [4.78, 5) is 3.17. The van der Waals surface area contributed by atoms with Crippen molar-refractivity contribution in [3.8, 4) is 0 Å². The first kappa shape index (κ1) is 11.5. The quantitative estimate of drug-likeness (QED) is 0.719. The van der Waals surface area contributed by atoms with Crippen molar-refractivity contribution in [2.75, 3.05) is 5.88 Å². The second kappa shape index (κ2) is 4.45. The van der Waals surface area contributed by atoms with E-state index in [9.17, 15) is 10.2 Å². The molecule has 0 aliphatic carbocycles. The highest BCUT2D eigenvalue weighted by Gasteiger charge is 2.22. The molecule has 3 nitrogen and oxygen atoms in total. The number of halogens is 1. The van der Waals surface area contributed by atoms with Crippen molar-refractivity contribution in [1.29, 1.82) is 0 Å². The fraction of sp³-hybridized carbons (Fsp3) is 0.333. The summed E-state index contributed by atoms with van der Waals surface area (Å²) in [6, 6.07) is 7.68. The lowest BCUT2D eigenvalue weighted by Crippen LogP contribution is -2.20. The minimum Gasteiger partial charge on any atom is -0.389 e. The Morgan fingerprint density at radius 3 is 2.69 bits per heavy atom. The van der Waals surface area contributed by atoms with Crippen LogP contribution in [0.3, 0.4) is 0 Å². The Morgan fingerprint density at radius 2 is 2.00 bits per heavy atom. The van der Waals surface area contributed by atoms with Crippen molar-refractivity contribution in [3.63, 3.8) is 0 Å². The Kier molecular flexibility index (Phi) is 3.19. The van der Waals surface area contributed by atoms with Gasteiger partial charge in [0.2, 0.25) is 0 Å². The van der Waals surface area contributed by atoms with Crippen LogP contribution >= 0.6 is 11.6 Å². The monoisotopic (exact) mass is 239 g/mol. The smallest absolute Gasteiger partial charge is 0.108 e. The molecule has 4 heteroatoms. The van der Waals surface area contributed by atoms with Crippen LogP contribution in [0.4, 0.5) is 0 Å². The predicted octanol–water partition coefficient (Wildman–Crippen LogP) is 2.11. The number of alkyl halides is 1. The van der Waals surface area contributed by atoms with Gasteiger partial charge in [-0.05, 0) is 13.0 Å². The lowest BCUT2D eigenvalue weighted by molar-refractivity contribution is 0.0332. The van der Waals surface area contributed by atoms with Gasteiger partial charge >= 0.3 is 0 Å². The highest BCUT2D eigenvalue weighted by Crippen LogP contribution is 2.29. The molecule has 0 aliphatic heterocycles. The third-order valence-corrected chi connectivity index (χ3v) is 3.08. The van der Waals surface area contributed by atoms with E-state index in [0.29, 0.717) is 0 Å². The number of H-pyrrole nitrogens is 1. The SMILES string of the molecule is Cc1[nH]c2ccccc2c1C(O)C(O)CCl. The molecule has 1 aromatic heterocycles. The van der Waals surface area contributed by atoms with Gasteiger partial charge in [-0.3, -0.25) is 0 Å². The van der Waals surface area contributed by atoms with Gasteiger partial charge in [0.15, 0.2) is 0 Å². The molecule has 0 spiro atoms. The van der Waals surface area contributed by atoms with Gasteiger partial charge in [0.1, 0.15) is 6.10 Å². The molecule has 1 heterocycles. The van der Waals surface area contributed by atoms with Crippen LogP contribution in [-0.2, 0) is 0 Å². The van der Waals surface area contributed by atoms with Gasteiger partial charge in [-0.25, -0.2) is 0 Å². The van der Waals surface area contributed by atoms with Crippen molar-refractivity contribution in [2.45, 2.75) is 19.1 Å². The summed E-state index contributed by atoms with van der Waals surface area (Å²) in [6.07, 6.45) is -1.90. The van der Waals surface area contributed by atoms with Gasteiger partial charge in [-0.1, -0.05) is 18.2 Å². The van der Waals surface area contributed by atoms with E-state index < -0.39 is 12.2 Å². The number of aromatic nitrogens is 1. The largest absolute Gasteiger partial charge is 0.389 e. The van der Waals surface area contributed by atoms with Crippen molar-refractivity contribution in [3.05, 3.63) is 35.5 Å². The first-order chi connectivity index (χ1) is 7.65. The molecule has 16 heavy (non-hydrogen) atoms. The van der Waals surface area contributed by atoms with Crippen LogP contribution in [0.2, 0.25) is 0 Å². The summed E-state index contributed by atoms with van der Waals surface area (Å²) in [7, 11) is 0. The van der Waals surface area contributed by atoms with Crippen LogP contribution in [0.25, 0.3) is 10.9 Å². The van der Waals surface area contributed by atoms with Crippen molar-refractivity contribution < 1.29 is 10.2 Å². The molecule has 2 atom stereocenters. The first-order valence-electron chi connectivity index (χ1n) is 5.14. The number of aryl methyl sites for hydroxylation is 1. The van der Waals surface area contributed by atoms with E-state index in [4.69, 9.17) is 11.6 Å². The minimum absolute atomic E-state index is 0.0140. The molecule has 0 bridgehead atoms. The fourth-order valence-electron chi connectivity index (χ4n) is 1.96. The molecule has 0 saturated carbocycles. The van der Waals surface area contributed by atoms with Crippen molar-refractivity contribution in [2.24, 2.45) is 0 Å². The lowest BCUT2D eigenvalue weighted by Gasteiger charge is -2.15. The third kappa shape index (κ3) is 1.82. The molecule has 0 saturated heterocycles. The number of hydrogen-bond donors (Lipinski definition) is 3. The molecule has 2 rings (SSSR count). The van der Waals surface area contributed by atoms with Crippen LogP contribution < -0.4 is 0 Å². The number of fused-ring (bicyclic) bond motifs is 1. The molecule has 86 valence electrons. The molecule has 2 aromatic rings. The number of nitrogens with one attached hydrogen (secondary N) is 1. The second-order valence-electron chi connectivity index (χ2n) is 3.88. The Bertz CT molecular complexity index is 495. The Morgan fingerprint density at radius 1 is 1.31 bits per heavy atom. The molecular formula is C12H14ClNO2. The maximum absolute atomic E-state index is 10.0. The molecule has 0 fully saturated rings. The second-order valence-corrected chi connectivity index (χ2v) is 4.18. The molecule has 0 amide bonds. The first-order valence-corrected chi connectivity index (χ1v) is 5.68. The third-order valence-electron chi connectivity index (χ3n) is 2.76. The summed E-state index contributed by atoms with van der Waals surface area (Å²) in [5.74, 6) is 0.0140. The van der Waals surface area contributed by atoms with Crippen molar-refractivity contribution >= 4 is 22.5 Å². The van der Waals surface area contributed by atoms with Gasteiger partial charge < -0.3 is 15.2 Å². The van der Waals surface area contributed by atoms with Gasteiger partial charge in [-0.15, -0.1) is 11.6 Å². The van der Waals surface area contributed by atoms with E-state index in [1.165, 1.54) is 0 Å². The number of hydrogen-bond acceptors (Lipinski definition) is 2. The van der Waals surface area contributed by atoms with E-state index in [0.717, 1.165) is 22.2 Å². The van der Waals surface area contributed by atoms with Crippen LogP contribution in [0.1, 0.15) is 17.4 Å². The van der Waals surface area contributed by atoms with Crippen molar-refractivity contribution in [1.82, 2.24) is 4.98 Å². The number of aliphatic hydroxyl groups excluding tert-OH is 2. The number of para-hydroxylation sites is 1. The van der Waals surface area contributed by atoms with E-state index in [1.807, 2.05) is 31.2 Å². The maximum atomic E-state index is 10.0. The number of aromatic amines is 1. The van der Waals surface area contributed by atoms with Gasteiger partial charge in [0.05, 0.1) is 12.0 Å². The van der Waals surface area contributed by atoms with Gasteiger partial charge in [0.25, 0.3) is 0 Å². The fourth-order valence-corrected chi connectivity index (χ4v) is 2.13. The Hall–Kier alpha value is -1.03. The highest BCUT2D eigenvalue weighted by molar-refractivity contribution is 6.18. The van der Waals surface area contributed by atoms with Crippen LogP contribution in [0.15, 0.2) is 24.3 Å². The predicted molar refractivity (Wildman–Crippen MR) is 64.7 cm³/mol. The summed E-state index contributed by atoms with van der Waals surface area (Å²) in [5.41, 5.74) is 2.54. The van der Waals surface area contributed by atoms with E-state index in [2.05, 4.69) is 4.98 Å². The molecule has 0 aliphatic rings. The molecule has 1 aromatic carbocycles. The van der Waals surface area contributed by atoms with E-state index in [1.54, 1.807) is 0 Å². The Balaban J connectivity index is 2.54. The van der Waals surface area contributed by atoms with E-state index in [-0.39, 0.29) is 5.88 Å². The summed E-state index contributed by atoms with van der Waals surface area (Å²) in [5, 5.41) is 20.5. The summed E-state index contributed by atoms with van der Waals surface area (Å²) >= 11 is 5.55. The average Bonchev–Trinajstić information content (AvgIpc) is 2.63. The molecular weight excluding hydrogens is 226 g/mol. The molecule has 0 radical (unpaired) electrons. The standard InChI is InChI=1S/C12H14ClNO2/c1-7-11(12(16)10(15)6-13)8-4-2-3-5-9(8)14-7/h2-5,10,12,14-16H,6H2,1H3. The highest BCUT2D eigenvalue weighted by atomic mass is 35.5. The zero-order chi connectivity index (χ0) is 11.7. The minimum atomic E-state index is -0.950. The summed E-state index contributed by atoms with van der Waals surface area (Å²) < 4.78 is 0. The van der Waals surface area contributed by atoms with Crippen LogP contribution in [0.5, 0.6) is 0 Å². The topological polar surface area (TPSA) is 56.2 Å². The van der Waals surface area contributed by atoms with Crippen LogP contribution in [0, 0.1) is 6.92 Å². The van der Waals surface area contributed by atoms with E-state index >= 15 is 0 Å². The molecule has 3 N–H and O–H groups in total. The maximum Gasteiger partial charge on any atom is 0.108 e. The summed E-state index contributed by atoms with van der Waals surface area (Å²) in [6.45, 7) is 1.87. The van der Waals surface area contributed by atoms with Crippen LogP contribution in [-0.4, -0.2) is 27.2 Å². The molecule has 2 unspecified atom stereocenters. The Labute approximate surface area is 98.7 Å². The number of benzene rings is 1. The van der Waals surface area contributed by atoms with Gasteiger partial charge in [0, 0.05) is 22.2 Å². The normalized spacial score (nSPS) is 15.2. The van der Waals surface area contributed by atoms with Gasteiger partial charge in [-0.2, -0.15) is 0 Å².